The lowest BCUT2D eigenvalue weighted by atomic mass is 10.1. The van der Waals surface area contributed by atoms with Crippen LogP contribution < -0.4 is 0 Å². The van der Waals surface area contributed by atoms with Crippen molar-refractivity contribution in [3.63, 3.8) is 0 Å². The lowest BCUT2D eigenvalue weighted by Gasteiger charge is -2.03. The highest BCUT2D eigenvalue weighted by Gasteiger charge is 2.39. The highest BCUT2D eigenvalue weighted by molar-refractivity contribution is 5.96. The van der Waals surface area contributed by atoms with Gasteiger partial charge in [0.1, 0.15) is 6.10 Å². The zero-order valence-electron chi connectivity index (χ0n) is 7.49. The molecule has 0 radical (unpaired) electrons. The monoisotopic (exact) mass is 184 g/mol. The summed E-state index contributed by atoms with van der Waals surface area (Å²) in [6, 6.07) is 0. The number of rotatable bonds is 3. The van der Waals surface area contributed by atoms with Crippen LogP contribution in [0.1, 0.15) is 13.3 Å². The van der Waals surface area contributed by atoms with Crippen LogP contribution in [0.25, 0.3) is 0 Å². The van der Waals surface area contributed by atoms with Crippen LogP contribution in [0, 0.1) is 5.92 Å². The van der Waals surface area contributed by atoms with Gasteiger partial charge in [-0.15, -0.1) is 0 Å². The summed E-state index contributed by atoms with van der Waals surface area (Å²) in [7, 11) is 0. The van der Waals surface area contributed by atoms with Crippen LogP contribution in [-0.2, 0) is 19.1 Å². The molecule has 0 N–H and O–H groups in total. The van der Waals surface area contributed by atoms with Crippen LogP contribution in [0.4, 0.5) is 0 Å². The maximum atomic E-state index is 11.2. The molecule has 0 aliphatic carbocycles. The molecule has 1 rings (SSSR count). The molecule has 13 heavy (non-hydrogen) atoms. The summed E-state index contributed by atoms with van der Waals surface area (Å²) >= 11 is 0. The third kappa shape index (κ3) is 2.08. The van der Waals surface area contributed by atoms with Crippen LogP contribution in [0.5, 0.6) is 0 Å². The standard InChI is InChI=1S/C9H12O4/c1-3-6-5-7(9(11)13-6)8(10)12-4-2/h3,6-7H,1,4-5H2,2H3/t6-,7+/m1/s1. The van der Waals surface area contributed by atoms with E-state index < -0.39 is 17.9 Å². The van der Waals surface area contributed by atoms with Gasteiger partial charge in [0.25, 0.3) is 0 Å². The van der Waals surface area contributed by atoms with E-state index >= 15 is 0 Å². The van der Waals surface area contributed by atoms with E-state index in [0.717, 1.165) is 0 Å². The van der Waals surface area contributed by atoms with Gasteiger partial charge in [0, 0.05) is 6.42 Å². The number of carbonyl (C=O) groups excluding carboxylic acids is 2. The molecule has 1 aliphatic heterocycles. The van der Waals surface area contributed by atoms with Crippen molar-refractivity contribution in [3.8, 4) is 0 Å². The first-order valence-corrected chi connectivity index (χ1v) is 4.18. The molecule has 4 nitrogen and oxygen atoms in total. The van der Waals surface area contributed by atoms with Gasteiger partial charge in [-0.3, -0.25) is 9.59 Å². The van der Waals surface area contributed by atoms with Crippen molar-refractivity contribution in [1.29, 1.82) is 0 Å². The van der Waals surface area contributed by atoms with Crippen LogP contribution in [-0.4, -0.2) is 24.6 Å². The molecule has 0 unspecified atom stereocenters. The molecule has 1 fully saturated rings. The van der Waals surface area contributed by atoms with E-state index in [1.54, 1.807) is 6.92 Å². The van der Waals surface area contributed by atoms with Crippen molar-refractivity contribution in [2.24, 2.45) is 5.92 Å². The van der Waals surface area contributed by atoms with E-state index in [1.165, 1.54) is 6.08 Å². The van der Waals surface area contributed by atoms with Gasteiger partial charge in [-0.25, -0.2) is 0 Å². The maximum Gasteiger partial charge on any atom is 0.321 e. The Labute approximate surface area is 76.5 Å². The minimum Gasteiger partial charge on any atom is -0.465 e. The molecule has 0 spiro atoms. The summed E-state index contributed by atoms with van der Waals surface area (Å²) in [6.07, 6.45) is 1.51. The Balaban J connectivity index is 2.56. The molecular weight excluding hydrogens is 172 g/mol. The molecule has 0 aromatic carbocycles. The fraction of sp³-hybridized carbons (Fsp3) is 0.556. The Kier molecular flexibility index (Phi) is 3.06. The second-order valence-corrected chi connectivity index (χ2v) is 2.75. The molecule has 2 atom stereocenters. The van der Waals surface area contributed by atoms with E-state index in [1.807, 2.05) is 0 Å². The molecule has 1 heterocycles. The second kappa shape index (κ2) is 4.07. The smallest absolute Gasteiger partial charge is 0.321 e. The molecule has 0 amide bonds. The Bertz CT molecular complexity index is 234. The van der Waals surface area contributed by atoms with E-state index in [2.05, 4.69) is 6.58 Å². The van der Waals surface area contributed by atoms with Gasteiger partial charge in [0.2, 0.25) is 0 Å². The fourth-order valence-corrected chi connectivity index (χ4v) is 1.19. The largest absolute Gasteiger partial charge is 0.465 e. The van der Waals surface area contributed by atoms with Gasteiger partial charge in [-0.1, -0.05) is 12.7 Å². The number of hydrogen-bond acceptors (Lipinski definition) is 4. The predicted octanol–water partition coefficient (Wildman–Crippen LogP) is 0.667. The normalized spacial score (nSPS) is 26.7. The zero-order valence-corrected chi connectivity index (χ0v) is 7.49. The number of ether oxygens (including phenoxy) is 2. The Morgan fingerprint density at radius 3 is 3.00 bits per heavy atom. The molecular formula is C9H12O4. The third-order valence-corrected chi connectivity index (χ3v) is 1.85. The van der Waals surface area contributed by atoms with E-state index in [-0.39, 0.29) is 12.7 Å². The highest BCUT2D eigenvalue weighted by atomic mass is 16.6. The molecule has 1 saturated heterocycles. The van der Waals surface area contributed by atoms with E-state index in [9.17, 15) is 9.59 Å². The third-order valence-electron chi connectivity index (χ3n) is 1.85. The van der Waals surface area contributed by atoms with Crippen molar-refractivity contribution in [2.75, 3.05) is 6.61 Å². The highest BCUT2D eigenvalue weighted by Crippen LogP contribution is 2.22. The van der Waals surface area contributed by atoms with Crippen molar-refractivity contribution in [2.45, 2.75) is 19.4 Å². The SMILES string of the molecule is C=C[C@@H]1C[C@@H](C(=O)OCC)C(=O)O1. The topological polar surface area (TPSA) is 52.6 Å². The molecule has 4 heteroatoms. The molecule has 0 saturated carbocycles. The first kappa shape index (κ1) is 9.77. The van der Waals surface area contributed by atoms with E-state index in [4.69, 9.17) is 9.47 Å². The fourth-order valence-electron chi connectivity index (χ4n) is 1.19. The molecule has 0 aromatic heterocycles. The van der Waals surface area contributed by atoms with Crippen LogP contribution in [0.2, 0.25) is 0 Å². The number of esters is 2. The summed E-state index contributed by atoms with van der Waals surface area (Å²) in [5.74, 6) is -1.77. The van der Waals surface area contributed by atoms with Crippen LogP contribution >= 0.6 is 0 Å². The van der Waals surface area contributed by atoms with Crippen LogP contribution in [0.15, 0.2) is 12.7 Å². The van der Waals surface area contributed by atoms with Gasteiger partial charge in [-0.2, -0.15) is 0 Å². The Hall–Kier alpha value is -1.32. The summed E-state index contributed by atoms with van der Waals surface area (Å²) in [4.78, 5) is 22.2. The maximum absolute atomic E-state index is 11.2. The predicted molar refractivity (Wildman–Crippen MR) is 44.8 cm³/mol. The molecule has 0 aromatic rings. The summed E-state index contributed by atoms with van der Waals surface area (Å²) in [5.41, 5.74) is 0. The minimum atomic E-state index is -0.761. The van der Waals surface area contributed by atoms with Gasteiger partial charge in [-0.05, 0) is 6.92 Å². The van der Waals surface area contributed by atoms with Crippen molar-refractivity contribution < 1.29 is 19.1 Å². The van der Waals surface area contributed by atoms with Gasteiger partial charge >= 0.3 is 11.9 Å². The van der Waals surface area contributed by atoms with Gasteiger partial charge < -0.3 is 9.47 Å². The van der Waals surface area contributed by atoms with Crippen molar-refractivity contribution in [3.05, 3.63) is 12.7 Å². The summed E-state index contributed by atoms with van der Waals surface area (Å²) in [5, 5.41) is 0. The number of carbonyl (C=O) groups is 2. The average molecular weight is 184 g/mol. The summed E-state index contributed by atoms with van der Waals surface area (Å²) in [6.45, 7) is 5.46. The molecule has 0 bridgehead atoms. The average Bonchev–Trinajstić information content (AvgIpc) is 2.47. The number of hydrogen-bond donors (Lipinski definition) is 0. The quantitative estimate of drug-likeness (QED) is 0.367. The lowest BCUT2D eigenvalue weighted by Crippen LogP contribution is -2.21. The van der Waals surface area contributed by atoms with Gasteiger partial charge in [0.15, 0.2) is 5.92 Å². The van der Waals surface area contributed by atoms with Crippen molar-refractivity contribution >= 4 is 11.9 Å². The number of cyclic esters (lactones) is 1. The van der Waals surface area contributed by atoms with Crippen molar-refractivity contribution in [1.82, 2.24) is 0 Å². The molecule has 1 aliphatic rings. The van der Waals surface area contributed by atoms with Crippen LogP contribution in [0.3, 0.4) is 0 Å². The minimum absolute atomic E-state index is 0.279. The van der Waals surface area contributed by atoms with E-state index in [0.29, 0.717) is 6.42 Å². The Morgan fingerprint density at radius 1 is 1.85 bits per heavy atom. The Morgan fingerprint density at radius 2 is 2.54 bits per heavy atom. The van der Waals surface area contributed by atoms with Gasteiger partial charge in [0.05, 0.1) is 6.61 Å². The summed E-state index contributed by atoms with van der Waals surface area (Å²) < 4.78 is 9.55. The first-order chi connectivity index (χ1) is 6.19. The lowest BCUT2D eigenvalue weighted by molar-refractivity contribution is -0.155. The second-order valence-electron chi connectivity index (χ2n) is 2.75. The first-order valence-electron chi connectivity index (χ1n) is 4.18. The zero-order chi connectivity index (χ0) is 9.84. The molecule has 72 valence electrons.